The molecule has 0 spiro atoms. The molecule has 0 N–H and O–H groups in total. The van der Waals surface area contributed by atoms with E-state index >= 15 is 0 Å². The van der Waals surface area contributed by atoms with Gasteiger partial charge in [-0.2, -0.15) is 5.26 Å². The van der Waals surface area contributed by atoms with E-state index in [2.05, 4.69) is 48.0 Å². The topological polar surface area (TPSA) is 28.7 Å². The van der Waals surface area contributed by atoms with Crippen molar-refractivity contribution in [1.29, 1.82) is 5.26 Å². The third-order valence-corrected chi connectivity index (χ3v) is 3.68. The van der Waals surface area contributed by atoms with Crippen molar-refractivity contribution in [3.05, 3.63) is 41.6 Å². The smallest absolute Gasteiger partial charge is 0.0783 e. The van der Waals surface area contributed by atoms with E-state index in [-0.39, 0.29) is 5.41 Å². The van der Waals surface area contributed by atoms with Crippen LogP contribution in [-0.2, 0) is 13.5 Å². The Bertz CT molecular complexity index is 670. The van der Waals surface area contributed by atoms with Crippen molar-refractivity contribution in [3.8, 4) is 6.07 Å². The number of nitriles is 1. The Labute approximate surface area is 101 Å². The highest BCUT2D eigenvalue weighted by Crippen LogP contribution is 2.36. The lowest BCUT2D eigenvalue weighted by molar-refractivity contribution is 0.541. The Morgan fingerprint density at radius 2 is 2.12 bits per heavy atom. The van der Waals surface area contributed by atoms with Gasteiger partial charge in [-0.25, -0.2) is 0 Å². The highest BCUT2D eigenvalue weighted by atomic mass is 15.0. The molecule has 3 rings (SSSR count). The minimum Gasteiger partial charge on any atom is -0.347 e. The summed E-state index contributed by atoms with van der Waals surface area (Å²) in [5.74, 6) is 0. The maximum absolute atomic E-state index is 9.23. The fourth-order valence-electron chi connectivity index (χ4n) is 2.63. The summed E-state index contributed by atoms with van der Waals surface area (Å²) in [6.07, 6.45) is 4.92. The number of rotatable bonds is 0. The van der Waals surface area contributed by atoms with Gasteiger partial charge in [0.05, 0.1) is 11.5 Å². The van der Waals surface area contributed by atoms with Gasteiger partial charge < -0.3 is 4.57 Å². The molecule has 2 heteroatoms. The van der Waals surface area contributed by atoms with Crippen molar-refractivity contribution in [2.45, 2.75) is 13.3 Å². The number of aromatic nitrogens is 1. The van der Waals surface area contributed by atoms with Gasteiger partial charge >= 0.3 is 0 Å². The van der Waals surface area contributed by atoms with Crippen molar-refractivity contribution in [2.75, 3.05) is 0 Å². The SMILES string of the molecule is Cn1c2c(c3ccccc31)C=CC(C)(C#N)C2. The summed E-state index contributed by atoms with van der Waals surface area (Å²) in [6, 6.07) is 10.8. The van der Waals surface area contributed by atoms with Gasteiger partial charge in [0.1, 0.15) is 0 Å². The highest BCUT2D eigenvalue weighted by molar-refractivity contribution is 5.92. The number of aryl methyl sites for hydroxylation is 1. The number of nitrogens with zero attached hydrogens (tertiary/aromatic N) is 2. The van der Waals surface area contributed by atoms with Crippen molar-refractivity contribution >= 4 is 17.0 Å². The van der Waals surface area contributed by atoms with Gasteiger partial charge in [0.15, 0.2) is 0 Å². The zero-order valence-electron chi connectivity index (χ0n) is 10.1. The molecule has 0 bridgehead atoms. The van der Waals surface area contributed by atoms with E-state index in [4.69, 9.17) is 0 Å². The quantitative estimate of drug-likeness (QED) is 0.672. The Balaban J connectivity index is 2.32. The fraction of sp³-hybridized carbons (Fsp3) is 0.267. The second-order valence-corrected chi connectivity index (χ2v) is 4.98. The number of benzene rings is 1. The van der Waals surface area contributed by atoms with Crippen LogP contribution < -0.4 is 0 Å². The molecular weight excluding hydrogens is 208 g/mol. The Morgan fingerprint density at radius 1 is 1.35 bits per heavy atom. The molecule has 1 unspecified atom stereocenters. The van der Waals surface area contributed by atoms with Crippen LogP contribution in [0.5, 0.6) is 0 Å². The summed E-state index contributed by atoms with van der Waals surface area (Å²) in [5.41, 5.74) is 3.41. The molecule has 1 aliphatic carbocycles. The number of hydrogen-bond donors (Lipinski definition) is 0. The van der Waals surface area contributed by atoms with Crippen LogP contribution in [0.15, 0.2) is 30.3 Å². The van der Waals surface area contributed by atoms with Crippen LogP contribution in [-0.4, -0.2) is 4.57 Å². The summed E-state index contributed by atoms with van der Waals surface area (Å²) in [6.45, 7) is 1.99. The largest absolute Gasteiger partial charge is 0.347 e. The first-order valence-electron chi connectivity index (χ1n) is 5.81. The normalized spacial score (nSPS) is 22.4. The first kappa shape index (κ1) is 10.2. The standard InChI is InChI=1S/C15H14N2/c1-15(10-16)8-7-12-11-5-3-4-6-13(11)17(2)14(12)9-15/h3-8H,9H2,1-2H3. The fourth-order valence-corrected chi connectivity index (χ4v) is 2.63. The summed E-state index contributed by atoms with van der Waals surface area (Å²) in [7, 11) is 2.08. The van der Waals surface area contributed by atoms with Gasteiger partial charge in [-0.3, -0.25) is 0 Å². The Hall–Kier alpha value is -2.01. The third kappa shape index (κ3) is 1.32. The highest BCUT2D eigenvalue weighted by Gasteiger charge is 2.28. The van der Waals surface area contributed by atoms with E-state index < -0.39 is 0 Å². The average Bonchev–Trinajstić information content (AvgIpc) is 2.64. The maximum atomic E-state index is 9.23. The van der Waals surface area contributed by atoms with Crippen LogP contribution in [0.2, 0.25) is 0 Å². The molecule has 0 radical (unpaired) electrons. The number of fused-ring (bicyclic) bond motifs is 3. The lowest BCUT2D eigenvalue weighted by Crippen LogP contribution is -2.19. The monoisotopic (exact) mass is 222 g/mol. The Kier molecular flexibility index (Phi) is 1.94. The van der Waals surface area contributed by atoms with Crippen LogP contribution >= 0.6 is 0 Å². The molecule has 2 aromatic rings. The predicted octanol–water partition coefficient (Wildman–Crippen LogP) is 3.28. The minimum atomic E-state index is -0.366. The molecule has 0 saturated carbocycles. The van der Waals surface area contributed by atoms with Crippen molar-refractivity contribution in [1.82, 2.24) is 4.57 Å². The van der Waals surface area contributed by atoms with Gasteiger partial charge in [-0.15, -0.1) is 0 Å². The molecular formula is C15H14N2. The van der Waals surface area contributed by atoms with Crippen LogP contribution in [0.1, 0.15) is 18.2 Å². The molecule has 0 aliphatic heterocycles. The van der Waals surface area contributed by atoms with E-state index in [0.717, 1.165) is 6.42 Å². The summed E-state index contributed by atoms with van der Waals surface area (Å²) >= 11 is 0. The van der Waals surface area contributed by atoms with Gasteiger partial charge in [0.2, 0.25) is 0 Å². The zero-order valence-corrected chi connectivity index (χ0v) is 10.1. The maximum Gasteiger partial charge on any atom is 0.0783 e. The lowest BCUT2D eigenvalue weighted by Gasteiger charge is -2.22. The molecule has 84 valence electrons. The van der Waals surface area contributed by atoms with Crippen molar-refractivity contribution < 1.29 is 0 Å². The van der Waals surface area contributed by atoms with Crippen LogP contribution in [0.25, 0.3) is 17.0 Å². The van der Waals surface area contributed by atoms with Gasteiger partial charge in [0.25, 0.3) is 0 Å². The van der Waals surface area contributed by atoms with Crippen molar-refractivity contribution in [3.63, 3.8) is 0 Å². The number of hydrogen-bond acceptors (Lipinski definition) is 1. The van der Waals surface area contributed by atoms with Crippen LogP contribution in [0.3, 0.4) is 0 Å². The van der Waals surface area contributed by atoms with E-state index in [9.17, 15) is 5.26 Å². The lowest BCUT2D eigenvalue weighted by atomic mass is 9.81. The van der Waals surface area contributed by atoms with Gasteiger partial charge in [0, 0.05) is 35.6 Å². The summed E-state index contributed by atoms with van der Waals surface area (Å²) < 4.78 is 2.21. The molecule has 1 aliphatic rings. The second kappa shape index (κ2) is 3.24. The Morgan fingerprint density at radius 3 is 2.88 bits per heavy atom. The van der Waals surface area contributed by atoms with E-state index in [1.54, 1.807) is 0 Å². The van der Waals surface area contributed by atoms with E-state index in [1.165, 1.54) is 22.2 Å². The third-order valence-electron chi connectivity index (χ3n) is 3.68. The molecule has 1 aromatic carbocycles. The average molecular weight is 222 g/mol. The zero-order chi connectivity index (χ0) is 12.0. The van der Waals surface area contributed by atoms with Crippen molar-refractivity contribution in [2.24, 2.45) is 12.5 Å². The number of para-hydroxylation sites is 1. The molecule has 1 heterocycles. The molecule has 2 nitrogen and oxygen atoms in total. The molecule has 0 saturated heterocycles. The first-order valence-corrected chi connectivity index (χ1v) is 5.81. The van der Waals surface area contributed by atoms with E-state index in [0.29, 0.717) is 0 Å². The van der Waals surface area contributed by atoms with Gasteiger partial charge in [-0.05, 0) is 13.0 Å². The number of allylic oxidation sites excluding steroid dienone is 1. The molecule has 1 aromatic heterocycles. The van der Waals surface area contributed by atoms with Gasteiger partial charge in [-0.1, -0.05) is 30.4 Å². The molecule has 0 amide bonds. The van der Waals surface area contributed by atoms with E-state index in [1.807, 2.05) is 13.0 Å². The summed E-state index contributed by atoms with van der Waals surface area (Å²) in [5, 5.41) is 10.5. The van der Waals surface area contributed by atoms with Crippen LogP contribution in [0.4, 0.5) is 0 Å². The second-order valence-electron chi connectivity index (χ2n) is 4.98. The molecule has 17 heavy (non-hydrogen) atoms. The predicted molar refractivity (Wildman–Crippen MR) is 69.4 cm³/mol. The molecule has 1 atom stereocenters. The summed E-state index contributed by atoms with van der Waals surface area (Å²) in [4.78, 5) is 0. The first-order chi connectivity index (χ1) is 8.14. The minimum absolute atomic E-state index is 0.366. The molecule has 0 fully saturated rings. The van der Waals surface area contributed by atoms with Crippen LogP contribution in [0, 0.1) is 16.7 Å².